The lowest BCUT2D eigenvalue weighted by Gasteiger charge is -2.13. The molecular weight excluding hydrogens is 361 g/mol. The summed E-state index contributed by atoms with van der Waals surface area (Å²) in [5, 5.41) is 8.81. The molecule has 144 valence electrons. The smallest absolute Gasteiger partial charge is 0.267 e. The molecule has 3 aromatic rings. The second-order valence-corrected chi connectivity index (χ2v) is 6.27. The number of halogens is 1. The van der Waals surface area contributed by atoms with Gasteiger partial charge in [-0.25, -0.2) is 14.9 Å². The number of carbonyl (C=O) groups is 1. The van der Waals surface area contributed by atoms with Crippen molar-refractivity contribution in [2.75, 3.05) is 0 Å². The summed E-state index contributed by atoms with van der Waals surface area (Å²) in [4.78, 5) is 28.6. The molecule has 28 heavy (non-hydrogen) atoms. The zero-order valence-corrected chi connectivity index (χ0v) is 15.4. The predicted molar refractivity (Wildman–Crippen MR) is 104 cm³/mol. The molecule has 0 unspecified atom stereocenters. The molecule has 2 N–H and O–H groups in total. The summed E-state index contributed by atoms with van der Waals surface area (Å²) in [6.45, 7) is 2.36. The molecule has 0 aliphatic rings. The Bertz CT molecular complexity index is 1090. The van der Waals surface area contributed by atoms with Gasteiger partial charge in [-0.15, -0.1) is 0 Å². The Morgan fingerprint density at radius 1 is 1.29 bits per heavy atom. The van der Waals surface area contributed by atoms with Crippen LogP contribution in [0.1, 0.15) is 23.9 Å². The average Bonchev–Trinajstić information content (AvgIpc) is 2.72. The van der Waals surface area contributed by atoms with Gasteiger partial charge in [0.15, 0.2) is 0 Å². The van der Waals surface area contributed by atoms with Crippen LogP contribution in [0.4, 0.5) is 4.39 Å². The van der Waals surface area contributed by atoms with Gasteiger partial charge in [0.25, 0.3) is 11.5 Å². The molecule has 0 saturated heterocycles. The van der Waals surface area contributed by atoms with Crippen molar-refractivity contribution < 1.29 is 14.4 Å². The third kappa shape index (κ3) is 4.15. The largest absolute Gasteiger partial charge is 0.296 e. The van der Waals surface area contributed by atoms with Gasteiger partial charge in [-0.05, 0) is 24.1 Å². The Hall–Kier alpha value is -3.32. The number of hydroxylamine groups is 1. The van der Waals surface area contributed by atoms with Crippen LogP contribution in [-0.4, -0.2) is 20.7 Å². The number of rotatable bonds is 6. The van der Waals surface area contributed by atoms with Crippen LogP contribution in [0.3, 0.4) is 0 Å². The highest BCUT2D eigenvalue weighted by atomic mass is 19.1. The molecule has 1 aromatic heterocycles. The molecule has 0 aliphatic carbocycles. The van der Waals surface area contributed by atoms with Crippen molar-refractivity contribution in [3.8, 4) is 0 Å². The van der Waals surface area contributed by atoms with E-state index in [-0.39, 0.29) is 22.0 Å². The Balaban J connectivity index is 2.04. The third-order valence-corrected chi connectivity index (χ3v) is 4.46. The Morgan fingerprint density at radius 3 is 2.71 bits per heavy atom. The molecule has 0 bridgehead atoms. The zero-order valence-electron chi connectivity index (χ0n) is 15.4. The molecule has 0 radical (unpaired) electrons. The molecule has 0 saturated carbocycles. The van der Waals surface area contributed by atoms with Crippen molar-refractivity contribution in [1.29, 1.82) is 0 Å². The van der Waals surface area contributed by atoms with Crippen LogP contribution in [-0.2, 0) is 24.2 Å². The lowest BCUT2D eigenvalue weighted by atomic mass is 10.1. The van der Waals surface area contributed by atoms with Gasteiger partial charge in [-0.2, -0.15) is 0 Å². The molecule has 0 atom stereocenters. The van der Waals surface area contributed by atoms with E-state index >= 15 is 0 Å². The van der Waals surface area contributed by atoms with E-state index in [2.05, 4.69) is 4.98 Å². The molecule has 1 amide bonds. The number of fused-ring (bicyclic) bond motifs is 1. The van der Waals surface area contributed by atoms with E-state index in [1.807, 2.05) is 37.3 Å². The Morgan fingerprint density at radius 2 is 2.04 bits per heavy atom. The number of hydrogen-bond donors (Lipinski definition) is 2. The molecule has 7 heteroatoms. The monoisotopic (exact) mass is 381 g/mol. The first-order valence-corrected chi connectivity index (χ1v) is 8.92. The van der Waals surface area contributed by atoms with Crippen LogP contribution in [0.15, 0.2) is 53.3 Å². The van der Waals surface area contributed by atoms with Gasteiger partial charge in [0.2, 0.25) is 0 Å². The van der Waals surface area contributed by atoms with E-state index in [1.54, 1.807) is 4.57 Å². The van der Waals surface area contributed by atoms with Crippen LogP contribution < -0.4 is 11.0 Å². The SMILES string of the molecule is CCc1nc2cc(F)c(C=CC(=O)NO)cc2c(=O)n1CCc1ccccc1. The number of aromatic nitrogens is 2. The minimum Gasteiger partial charge on any atom is -0.296 e. The van der Waals surface area contributed by atoms with Gasteiger partial charge in [0.1, 0.15) is 11.6 Å². The first-order valence-electron chi connectivity index (χ1n) is 8.92. The van der Waals surface area contributed by atoms with E-state index in [1.165, 1.54) is 23.7 Å². The summed E-state index contributed by atoms with van der Waals surface area (Å²) >= 11 is 0. The zero-order chi connectivity index (χ0) is 20.1. The lowest BCUT2D eigenvalue weighted by molar-refractivity contribution is -0.124. The fourth-order valence-electron chi connectivity index (χ4n) is 3.02. The molecule has 0 aliphatic heterocycles. The normalized spacial score (nSPS) is 11.2. The summed E-state index contributed by atoms with van der Waals surface area (Å²) < 4.78 is 15.9. The van der Waals surface area contributed by atoms with E-state index in [0.717, 1.165) is 11.6 Å². The van der Waals surface area contributed by atoms with Gasteiger partial charge in [0.05, 0.1) is 10.9 Å². The predicted octanol–water partition coefficient (Wildman–Crippen LogP) is 2.86. The Labute approximate surface area is 160 Å². The summed E-state index contributed by atoms with van der Waals surface area (Å²) in [5.41, 5.74) is 2.63. The molecular formula is C21H20FN3O3. The molecule has 6 nitrogen and oxygen atoms in total. The highest BCUT2D eigenvalue weighted by molar-refractivity contribution is 5.91. The lowest BCUT2D eigenvalue weighted by Crippen LogP contribution is -2.26. The van der Waals surface area contributed by atoms with Crippen LogP contribution in [0.5, 0.6) is 0 Å². The summed E-state index contributed by atoms with van der Waals surface area (Å²) in [5.74, 6) is -0.805. The van der Waals surface area contributed by atoms with Crippen molar-refractivity contribution >= 4 is 22.9 Å². The molecule has 0 spiro atoms. The first kappa shape index (κ1) is 19.4. The summed E-state index contributed by atoms with van der Waals surface area (Å²) in [7, 11) is 0. The summed E-state index contributed by atoms with van der Waals surface area (Å²) in [6.07, 6.45) is 3.39. The van der Waals surface area contributed by atoms with E-state index in [0.29, 0.717) is 25.2 Å². The fourth-order valence-corrected chi connectivity index (χ4v) is 3.02. The molecule has 2 aromatic carbocycles. The third-order valence-electron chi connectivity index (χ3n) is 4.46. The van der Waals surface area contributed by atoms with Crippen molar-refractivity contribution in [1.82, 2.24) is 15.0 Å². The number of hydrogen-bond acceptors (Lipinski definition) is 4. The van der Waals surface area contributed by atoms with Gasteiger partial charge < -0.3 is 0 Å². The van der Waals surface area contributed by atoms with Crippen molar-refractivity contribution in [3.05, 3.63) is 81.7 Å². The van der Waals surface area contributed by atoms with Crippen LogP contribution >= 0.6 is 0 Å². The van der Waals surface area contributed by atoms with E-state index in [9.17, 15) is 14.0 Å². The highest BCUT2D eigenvalue weighted by Crippen LogP contribution is 2.18. The standard InChI is InChI=1S/C21H20FN3O3/c1-2-19-23-18-13-17(22)15(8-9-20(26)24-28)12-16(18)21(27)25(19)11-10-14-6-4-3-5-7-14/h3-9,12-13,28H,2,10-11H2,1H3,(H,24,26). The number of amides is 1. The van der Waals surface area contributed by atoms with Gasteiger partial charge >= 0.3 is 0 Å². The summed E-state index contributed by atoms with van der Waals surface area (Å²) in [6, 6.07) is 12.4. The maximum absolute atomic E-state index is 14.3. The number of nitrogens with zero attached hydrogens (tertiary/aromatic N) is 2. The van der Waals surface area contributed by atoms with Crippen LogP contribution in [0.2, 0.25) is 0 Å². The minimum absolute atomic E-state index is 0.0638. The van der Waals surface area contributed by atoms with Gasteiger partial charge in [0, 0.05) is 30.7 Å². The van der Waals surface area contributed by atoms with Gasteiger partial charge in [-0.3, -0.25) is 19.4 Å². The maximum atomic E-state index is 14.3. The maximum Gasteiger partial charge on any atom is 0.267 e. The topological polar surface area (TPSA) is 84.2 Å². The van der Waals surface area contributed by atoms with Crippen LogP contribution in [0.25, 0.3) is 17.0 Å². The highest BCUT2D eigenvalue weighted by Gasteiger charge is 2.13. The number of benzene rings is 2. The number of aryl methyl sites for hydroxylation is 2. The minimum atomic E-state index is -0.792. The van der Waals surface area contributed by atoms with Crippen molar-refractivity contribution in [2.24, 2.45) is 0 Å². The van der Waals surface area contributed by atoms with E-state index in [4.69, 9.17) is 5.21 Å². The quantitative estimate of drug-likeness (QED) is 0.391. The van der Waals surface area contributed by atoms with Gasteiger partial charge in [-0.1, -0.05) is 37.3 Å². The van der Waals surface area contributed by atoms with Crippen LogP contribution in [0, 0.1) is 5.82 Å². The Kier molecular flexibility index (Phi) is 5.96. The van der Waals surface area contributed by atoms with Crippen molar-refractivity contribution in [2.45, 2.75) is 26.3 Å². The number of nitrogens with one attached hydrogen (secondary N) is 1. The number of carbonyl (C=O) groups excluding carboxylic acids is 1. The second kappa shape index (κ2) is 8.58. The molecule has 1 heterocycles. The fraction of sp³-hybridized carbons (Fsp3) is 0.190. The molecule has 0 fully saturated rings. The second-order valence-electron chi connectivity index (χ2n) is 6.27. The van der Waals surface area contributed by atoms with E-state index < -0.39 is 11.7 Å². The average molecular weight is 381 g/mol. The first-order chi connectivity index (χ1) is 13.5. The van der Waals surface area contributed by atoms with Crippen molar-refractivity contribution in [3.63, 3.8) is 0 Å². The molecule has 3 rings (SSSR count).